The molecular formula is C20H17BrClNO6S. The minimum absolute atomic E-state index is 0.0183. The van der Waals surface area contributed by atoms with Gasteiger partial charge in [-0.3, -0.25) is 0 Å². The van der Waals surface area contributed by atoms with Gasteiger partial charge in [-0.25, -0.2) is 13.2 Å². The van der Waals surface area contributed by atoms with Gasteiger partial charge in [0, 0.05) is 16.1 Å². The largest absolute Gasteiger partial charge is 0.507 e. The van der Waals surface area contributed by atoms with E-state index in [2.05, 4.69) is 22.0 Å². The first kappa shape index (κ1) is 22.4. The number of methoxy groups -OCH3 is 1. The van der Waals surface area contributed by atoms with E-state index >= 15 is 0 Å². The van der Waals surface area contributed by atoms with Crippen LogP contribution in [-0.2, 0) is 21.0 Å². The van der Waals surface area contributed by atoms with Crippen molar-refractivity contribution in [2.45, 2.75) is 35.3 Å². The number of hydrogen-bond donors (Lipinski definition) is 2. The number of ether oxygens (including phenoxy) is 1. The zero-order valence-electron chi connectivity index (χ0n) is 15.8. The predicted molar refractivity (Wildman–Crippen MR) is 113 cm³/mol. The highest BCUT2D eigenvalue weighted by molar-refractivity contribution is 9.10. The Morgan fingerprint density at radius 2 is 2.00 bits per heavy atom. The average molecular weight is 515 g/mol. The van der Waals surface area contributed by atoms with E-state index in [1.165, 1.54) is 31.4 Å². The smallest absolute Gasteiger partial charge is 0.339 e. The van der Waals surface area contributed by atoms with Crippen LogP contribution in [0.2, 0.25) is 5.02 Å². The maximum Gasteiger partial charge on any atom is 0.339 e. The van der Waals surface area contributed by atoms with Crippen molar-refractivity contribution in [2.75, 3.05) is 7.11 Å². The Balaban J connectivity index is 2.15. The molecule has 0 heterocycles. The number of aromatic hydroxyl groups is 1. The van der Waals surface area contributed by atoms with E-state index in [-0.39, 0.29) is 21.2 Å². The van der Waals surface area contributed by atoms with E-state index < -0.39 is 38.3 Å². The number of nitriles is 1. The highest BCUT2D eigenvalue weighted by Crippen LogP contribution is 2.45. The summed E-state index contributed by atoms with van der Waals surface area (Å²) < 4.78 is 31.7. The molecule has 0 radical (unpaired) electrons. The zero-order chi connectivity index (χ0) is 22.3. The lowest BCUT2D eigenvalue weighted by Gasteiger charge is -2.36. The van der Waals surface area contributed by atoms with E-state index in [4.69, 9.17) is 16.3 Å². The molecule has 2 N–H and O–H groups in total. The van der Waals surface area contributed by atoms with Gasteiger partial charge in [-0.1, -0.05) is 11.6 Å². The monoisotopic (exact) mass is 513 g/mol. The van der Waals surface area contributed by atoms with Crippen molar-refractivity contribution in [3.8, 4) is 17.6 Å². The molecule has 0 amide bonds. The van der Waals surface area contributed by atoms with Gasteiger partial charge in [0.05, 0.1) is 29.4 Å². The highest BCUT2D eigenvalue weighted by atomic mass is 79.9. The lowest BCUT2D eigenvalue weighted by Crippen LogP contribution is -2.32. The summed E-state index contributed by atoms with van der Waals surface area (Å²) in [6.45, 7) is 0. The first-order chi connectivity index (χ1) is 14.0. The van der Waals surface area contributed by atoms with Crippen LogP contribution >= 0.6 is 27.5 Å². The first-order valence-electron chi connectivity index (χ1n) is 8.81. The van der Waals surface area contributed by atoms with E-state index in [0.29, 0.717) is 22.9 Å². The van der Waals surface area contributed by atoms with Crippen molar-refractivity contribution in [1.29, 1.82) is 5.26 Å². The molecule has 1 fully saturated rings. The highest BCUT2D eigenvalue weighted by Gasteiger charge is 2.40. The van der Waals surface area contributed by atoms with Crippen LogP contribution < -0.4 is 4.74 Å². The fourth-order valence-electron chi connectivity index (χ4n) is 3.43. The standard InChI is InChI=1S/C20H17BrClNO6S/c1-29-16-8-15(22)14(21)7-17(16)30(27,28)9-11-5-12(20(10-23)3-2-4-20)6-13(18(11)24)19(25)26/h5-8,24H,2-4,9H2,1H3,(H,25,26). The van der Waals surface area contributed by atoms with Gasteiger partial charge in [-0.2, -0.15) is 5.26 Å². The lowest BCUT2D eigenvalue weighted by atomic mass is 9.65. The van der Waals surface area contributed by atoms with Gasteiger partial charge in [0.2, 0.25) is 0 Å². The van der Waals surface area contributed by atoms with Crippen LogP contribution in [0.5, 0.6) is 11.5 Å². The van der Waals surface area contributed by atoms with Crippen LogP contribution in [0.1, 0.15) is 40.7 Å². The fourth-order valence-corrected chi connectivity index (χ4v) is 5.61. The van der Waals surface area contributed by atoms with Gasteiger partial charge < -0.3 is 14.9 Å². The maximum atomic E-state index is 13.1. The van der Waals surface area contributed by atoms with Crippen molar-refractivity contribution in [3.63, 3.8) is 0 Å². The number of phenols is 1. The van der Waals surface area contributed by atoms with E-state index in [1.54, 1.807) is 0 Å². The summed E-state index contributed by atoms with van der Waals surface area (Å²) in [5, 5.41) is 29.8. The number of halogens is 2. The Labute approximate surface area is 186 Å². The number of sulfone groups is 1. The predicted octanol–water partition coefficient (Wildman–Crippen LogP) is 4.43. The molecule has 2 aromatic rings. The number of carboxylic acid groups (broad SMARTS) is 1. The third-order valence-corrected chi connectivity index (χ3v) is 8.16. The zero-order valence-corrected chi connectivity index (χ0v) is 18.9. The first-order valence-corrected chi connectivity index (χ1v) is 11.6. The topological polar surface area (TPSA) is 125 Å². The van der Waals surface area contributed by atoms with Crippen molar-refractivity contribution in [1.82, 2.24) is 0 Å². The van der Waals surface area contributed by atoms with Crippen LogP contribution in [0.25, 0.3) is 0 Å². The molecule has 0 spiro atoms. The van der Waals surface area contributed by atoms with Crippen LogP contribution in [-0.4, -0.2) is 31.7 Å². The van der Waals surface area contributed by atoms with Crippen LogP contribution in [0.3, 0.4) is 0 Å². The van der Waals surface area contributed by atoms with Gasteiger partial charge in [0.15, 0.2) is 9.84 Å². The van der Waals surface area contributed by atoms with Crippen molar-refractivity contribution >= 4 is 43.3 Å². The molecule has 0 atom stereocenters. The third kappa shape index (κ3) is 3.87. The van der Waals surface area contributed by atoms with Crippen LogP contribution in [0.4, 0.5) is 0 Å². The molecule has 10 heteroatoms. The molecular weight excluding hydrogens is 498 g/mol. The molecule has 0 aromatic heterocycles. The number of nitrogens with zero attached hydrogens (tertiary/aromatic N) is 1. The Bertz CT molecular complexity index is 1180. The van der Waals surface area contributed by atoms with Gasteiger partial charge in [0.1, 0.15) is 22.0 Å². The average Bonchev–Trinajstić information content (AvgIpc) is 2.64. The van der Waals surface area contributed by atoms with Gasteiger partial charge >= 0.3 is 5.97 Å². The van der Waals surface area contributed by atoms with Gasteiger partial charge in [-0.15, -0.1) is 0 Å². The number of carbonyl (C=O) groups is 1. The molecule has 0 unspecified atom stereocenters. The summed E-state index contributed by atoms with van der Waals surface area (Å²) in [4.78, 5) is 11.5. The summed E-state index contributed by atoms with van der Waals surface area (Å²) >= 11 is 9.19. The molecule has 1 aliphatic rings. The van der Waals surface area contributed by atoms with E-state index in [0.717, 1.165) is 6.42 Å². The van der Waals surface area contributed by atoms with E-state index in [9.17, 15) is 28.7 Å². The molecule has 158 valence electrons. The van der Waals surface area contributed by atoms with Gasteiger partial charge in [0.25, 0.3) is 0 Å². The second kappa shape index (κ2) is 8.10. The van der Waals surface area contributed by atoms with Crippen molar-refractivity contribution < 1.29 is 28.2 Å². The molecule has 0 saturated heterocycles. The molecule has 0 bridgehead atoms. The molecule has 1 aliphatic carbocycles. The SMILES string of the molecule is COc1cc(Cl)c(Br)cc1S(=O)(=O)Cc1cc(C2(C#N)CCC2)cc(C(=O)O)c1O. The van der Waals surface area contributed by atoms with Crippen molar-refractivity contribution in [3.05, 3.63) is 50.5 Å². The third-order valence-electron chi connectivity index (χ3n) is 5.28. The second-order valence-electron chi connectivity index (χ2n) is 7.06. The van der Waals surface area contributed by atoms with Crippen LogP contribution in [0.15, 0.2) is 33.6 Å². The molecule has 2 aromatic carbocycles. The van der Waals surface area contributed by atoms with E-state index in [1.807, 2.05) is 0 Å². The Hall–Kier alpha value is -2.28. The summed E-state index contributed by atoms with van der Waals surface area (Å²) in [6, 6.07) is 7.49. The Kier molecular flexibility index (Phi) is 6.05. The summed E-state index contributed by atoms with van der Waals surface area (Å²) in [5.74, 6) is -2.72. The molecule has 1 saturated carbocycles. The van der Waals surface area contributed by atoms with Crippen LogP contribution in [0, 0.1) is 11.3 Å². The lowest BCUT2D eigenvalue weighted by molar-refractivity contribution is 0.0693. The molecule has 0 aliphatic heterocycles. The number of rotatable bonds is 6. The normalized spacial score (nSPS) is 15.1. The Morgan fingerprint density at radius 3 is 2.50 bits per heavy atom. The number of aromatic carboxylic acids is 1. The Morgan fingerprint density at radius 1 is 1.33 bits per heavy atom. The fraction of sp³-hybridized carbons (Fsp3) is 0.300. The number of carboxylic acids is 1. The molecule has 3 rings (SSSR count). The van der Waals surface area contributed by atoms with Crippen molar-refractivity contribution in [2.24, 2.45) is 0 Å². The maximum absolute atomic E-state index is 13.1. The number of benzene rings is 2. The molecule has 30 heavy (non-hydrogen) atoms. The molecule has 7 nitrogen and oxygen atoms in total. The minimum Gasteiger partial charge on any atom is -0.507 e. The summed E-state index contributed by atoms with van der Waals surface area (Å²) in [7, 11) is -2.77. The summed E-state index contributed by atoms with van der Waals surface area (Å²) in [6.07, 6.45) is 1.88. The summed E-state index contributed by atoms with van der Waals surface area (Å²) in [5.41, 5.74) is -1.03. The van der Waals surface area contributed by atoms with Gasteiger partial charge in [-0.05, 0) is 59.0 Å². The minimum atomic E-state index is -4.07. The quantitative estimate of drug-likeness (QED) is 0.584. The second-order valence-corrected chi connectivity index (χ2v) is 10.3. The number of hydrogen-bond acceptors (Lipinski definition) is 6.